The van der Waals surface area contributed by atoms with Crippen molar-refractivity contribution in [1.82, 2.24) is 9.88 Å². The van der Waals surface area contributed by atoms with E-state index in [1.54, 1.807) is 24.3 Å². The fourth-order valence-corrected chi connectivity index (χ4v) is 2.95. The van der Waals surface area contributed by atoms with Gasteiger partial charge in [-0.1, -0.05) is 17.3 Å². The minimum atomic E-state index is -4.67. The lowest BCUT2D eigenvalue weighted by molar-refractivity contribution is -0.245. The quantitative estimate of drug-likeness (QED) is 0.612. The van der Waals surface area contributed by atoms with E-state index >= 15 is 0 Å². The van der Waals surface area contributed by atoms with E-state index in [0.29, 0.717) is 16.7 Å². The van der Waals surface area contributed by atoms with Crippen LogP contribution in [0.25, 0.3) is 11.1 Å². The number of pyridine rings is 1. The predicted octanol–water partition coefficient (Wildman–Crippen LogP) is 4.56. The van der Waals surface area contributed by atoms with Gasteiger partial charge in [0.2, 0.25) is 5.84 Å². The number of benzene rings is 1. The largest absolute Gasteiger partial charge is 0.461 e. The molecule has 144 valence electrons. The topological polar surface area (TPSA) is 50.9 Å². The highest BCUT2D eigenvalue weighted by Crippen LogP contribution is 2.34. The molecule has 2 aromatic heterocycles. The number of hydrogen-bond donors (Lipinski definition) is 0. The molecule has 0 saturated heterocycles. The van der Waals surface area contributed by atoms with E-state index < -0.39 is 18.2 Å². The highest BCUT2D eigenvalue weighted by Gasteiger charge is 2.51. The molecule has 1 unspecified atom stereocenters. The summed E-state index contributed by atoms with van der Waals surface area (Å²) in [5.74, 6) is -0.322. The first-order valence-corrected chi connectivity index (χ1v) is 8.23. The summed E-state index contributed by atoms with van der Waals surface area (Å²) in [5, 5.41) is 3.58. The molecular weight excluding hydrogens is 378 g/mol. The van der Waals surface area contributed by atoms with Gasteiger partial charge < -0.3 is 14.2 Å². The number of amidine groups is 1. The fourth-order valence-electron chi connectivity index (χ4n) is 2.95. The van der Waals surface area contributed by atoms with E-state index in [9.17, 15) is 17.6 Å². The third kappa shape index (κ3) is 3.42. The summed E-state index contributed by atoms with van der Waals surface area (Å²) in [6.07, 6.45) is -2.61. The lowest BCUT2D eigenvalue weighted by Crippen LogP contribution is -2.45. The van der Waals surface area contributed by atoms with E-state index in [1.165, 1.54) is 36.9 Å². The maximum atomic E-state index is 13.5. The molecule has 0 aliphatic carbocycles. The Labute approximate surface area is 156 Å². The molecule has 0 bridgehead atoms. The Kier molecular flexibility index (Phi) is 4.50. The van der Waals surface area contributed by atoms with Gasteiger partial charge >= 0.3 is 6.18 Å². The Morgan fingerprint density at radius 2 is 1.86 bits per heavy atom. The molecule has 1 atom stereocenters. The zero-order valence-electron chi connectivity index (χ0n) is 14.2. The van der Waals surface area contributed by atoms with Gasteiger partial charge in [-0.2, -0.15) is 13.2 Å². The SMILES string of the molecule is Fc1ccc(-c2ccncc2CN2C(c3ccco3)=NOC2C(F)(F)F)cc1. The van der Waals surface area contributed by atoms with Gasteiger partial charge in [0.25, 0.3) is 6.23 Å². The summed E-state index contributed by atoms with van der Waals surface area (Å²) in [6, 6.07) is 10.4. The number of nitrogens with zero attached hydrogens (tertiary/aromatic N) is 3. The third-order valence-corrected chi connectivity index (χ3v) is 4.22. The van der Waals surface area contributed by atoms with Crippen molar-refractivity contribution < 1.29 is 26.8 Å². The molecule has 3 aromatic rings. The first-order valence-electron chi connectivity index (χ1n) is 8.23. The van der Waals surface area contributed by atoms with E-state index in [2.05, 4.69) is 15.0 Å². The molecule has 1 aromatic carbocycles. The molecule has 1 aliphatic rings. The van der Waals surface area contributed by atoms with Crippen molar-refractivity contribution >= 4 is 5.84 Å². The van der Waals surface area contributed by atoms with Gasteiger partial charge in [0.1, 0.15) is 5.82 Å². The lowest BCUT2D eigenvalue weighted by atomic mass is 10.0. The van der Waals surface area contributed by atoms with Crippen LogP contribution in [-0.4, -0.2) is 28.1 Å². The summed E-state index contributed by atoms with van der Waals surface area (Å²) < 4.78 is 58.8. The van der Waals surface area contributed by atoms with Gasteiger partial charge in [0.05, 0.1) is 12.8 Å². The van der Waals surface area contributed by atoms with Crippen LogP contribution in [0.1, 0.15) is 11.3 Å². The molecule has 9 heteroatoms. The molecule has 0 spiro atoms. The molecule has 0 N–H and O–H groups in total. The average Bonchev–Trinajstić information content (AvgIpc) is 3.32. The Morgan fingerprint density at radius 1 is 1.07 bits per heavy atom. The fraction of sp³-hybridized carbons (Fsp3) is 0.158. The summed E-state index contributed by atoms with van der Waals surface area (Å²) in [5.41, 5.74) is 1.77. The molecule has 0 saturated carbocycles. The van der Waals surface area contributed by atoms with Crippen LogP contribution >= 0.6 is 0 Å². The van der Waals surface area contributed by atoms with Crippen molar-refractivity contribution in [3.8, 4) is 11.1 Å². The zero-order chi connectivity index (χ0) is 19.7. The molecule has 28 heavy (non-hydrogen) atoms. The second kappa shape index (κ2) is 6.99. The molecule has 0 amide bonds. The van der Waals surface area contributed by atoms with Gasteiger partial charge in [0.15, 0.2) is 5.76 Å². The highest BCUT2D eigenvalue weighted by molar-refractivity contribution is 5.96. The highest BCUT2D eigenvalue weighted by atomic mass is 19.4. The molecule has 5 nitrogen and oxygen atoms in total. The van der Waals surface area contributed by atoms with Crippen molar-refractivity contribution in [3.05, 3.63) is 78.3 Å². The van der Waals surface area contributed by atoms with E-state index in [4.69, 9.17) is 4.42 Å². The van der Waals surface area contributed by atoms with Gasteiger partial charge in [-0.3, -0.25) is 4.98 Å². The Morgan fingerprint density at radius 3 is 2.54 bits per heavy atom. The smallest absolute Gasteiger partial charge is 0.448 e. The van der Waals surface area contributed by atoms with Crippen LogP contribution < -0.4 is 0 Å². The first-order chi connectivity index (χ1) is 13.4. The maximum absolute atomic E-state index is 13.5. The van der Waals surface area contributed by atoms with Crippen molar-refractivity contribution in [2.45, 2.75) is 18.9 Å². The minimum Gasteiger partial charge on any atom is -0.461 e. The molecule has 4 rings (SSSR count). The van der Waals surface area contributed by atoms with Crippen molar-refractivity contribution in [3.63, 3.8) is 0 Å². The minimum absolute atomic E-state index is 0.0683. The van der Waals surface area contributed by atoms with Crippen molar-refractivity contribution in [1.29, 1.82) is 0 Å². The summed E-state index contributed by atoms with van der Waals surface area (Å²) >= 11 is 0. The van der Waals surface area contributed by atoms with E-state index in [0.717, 1.165) is 4.90 Å². The molecule has 0 radical (unpaired) electrons. The Balaban J connectivity index is 1.71. The Hall–Kier alpha value is -3.36. The maximum Gasteiger partial charge on any atom is 0.448 e. The van der Waals surface area contributed by atoms with Crippen LogP contribution in [0.2, 0.25) is 0 Å². The number of furan rings is 1. The molecule has 0 fully saturated rings. The zero-order valence-corrected chi connectivity index (χ0v) is 14.2. The summed E-state index contributed by atoms with van der Waals surface area (Å²) in [6.45, 7) is -0.190. The van der Waals surface area contributed by atoms with E-state index in [-0.39, 0.29) is 18.1 Å². The second-order valence-electron chi connectivity index (χ2n) is 6.06. The summed E-state index contributed by atoms with van der Waals surface area (Å²) in [7, 11) is 0. The van der Waals surface area contributed by atoms with Gasteiger partial charge in [-0.25, -0.2) is 4.39 Å². The standard InChI is InChI=1S/C19H13F4N3O2/c20-14-5-3-12(4-6-14)15-7-8-24-10-13(15)11-26-17(16-2-1-9-27-16)25-28-18(26)19(21,22)23/h1-10,18H,11H2. The van der Waals surface area contributed by atoms with Crippen molar-refractivity contribution in [2.24, 2.45) is 5.16 Å². The predicted molar refractivity (Wildman–Crippen MR) is 91.3 cm³/mol. The van der Waals surface area contributed by atoms with Crippen LogP contribution in [0, 0.1) is 5.82 Å². The van der Waals surface area contributed by atoms with Gasteiger partial charge in [-0.05, 0) is 47.0 Å². The van der Waals surface area contributed by atoms with Crippen molar-refractivity contribution in [2.75, 3.05) is 0 Å². The number of rotatable bonds is 4. The Bertz CT molecular complexity index is 985. The van der Waals surface area contributed by atoms with Gasteiger partial charge in [0, 0.05) is 12.4 Å². The molecule has 3 heterocycles. The lowest BCUT2D eigenvalue weighted by Gasteiger charge is -2.26. The second-order valence-corrected chi connectivity index (χ2v) is 6.06. The first kappa shape index (κ1) is 18.0. The number of alkyl halides is 3. The number of aromatic nitrogens is 1. The summed E-state index contributed by atoms with van der Waals surface area (Å²) in [4.78, 5) is 9.64. The van der Waals surface area contributed by atoms with Crippen LogP contribution in [-0.2, 0) is 11.4 Å². The van der Waals surface area contributed by atoms with E-state index in [1.807, 2.05) is 0 Å². The van der Waals surface area contributed by atoms with Crippen LogP contribution in [0.3, 0.4) is 0 Å². The average molecular weight is 391 g/mol. The monoisotopic (exact) mass is 391 g/mol. The normalized spacial score (nSPS) is 16.8. The van der Waals surface area contributed by atoms with Gasteiger partial charge in [-0.15, -0.1) is 0 Å². The van der Waals surface area contributed by atoms with Crippen LogP contribution in [0.5, 0.6) is 0 Å². The number of oxime groups is 1. The van der Waals surface area contributed by atoms with Crippen LogP contribution in [0.4, 0.5) is 17.6 Å². The number of halogens is 4. The van der Waals surface area contributed by atoms with Crippen LogP contribution in [0.15, 0.2) is 70.7 Å². The third-order valence-electron chi connectivity index (χ3n) is 4.22. The molecule has 1 aliphatic heterocycles. The molecular formula is C19H13F4N3O2. The number of hydrogen-bond acceptors (Lipinski definition) is 5.